The maximum Gasteiger partial charge on any atom is 0.226 e. The number of aryl methyl sites for hydroxylation is 4. The van der Waals surface area contributed by atoms with Crippen LogP contribution in [0.25, 0.3) is 11.3 Å². The number of ether oxygens (including phenoxy) is 1. The molecule has 0 saturated carbocycles. The van der Waals surface area contributed by atoms with E-state index in [1.54, 1.807) is 0 Å². The van der Waals surface area contributed by atoms with Gasteiger partial charge in [0.25, 0.3) is 0 Å². The van der Waals surface area contributed by atoms with Gasteiger partial charge in [0, 0.05) is 16.9 Å². The summed E-state index contributed by atoms with van der Waals surface area (Å²) >= 11 is 1.51. The van der Waals surface area contributed by atoms with Crippen LogP contribution in [0.3, 0.4) is 0 Å². The van der Waals surface area contributed by atoms with Gasteiger partial charge in [0.15, 0.2) is 5.13 Å². The predicted molar refractivity (Wildman–Crippen MR) is 116 cm³/mol. The van der Waals surface area contributed by atoms with Crippen LogP contribution >= 0.6 is 11.3 Å². The van der Waals surface area contributed by atoms with Crippen molar-refractivity contribution >= 4 is 22.4 Å². The van der Waals surface area contributed by atoms with Gasteiger partial charge in [-0.1, -0.05) is 42.0 Å². The second kappa shape index (κ2) is 9.02. The van der Waals surface area contributed by atoms with E-state index < -0.39 is 0 Å². The van der Waals surface area contributed by atoms with Crippen LogP contribution < -0.4 is 10.1 Å². The first-order valence-electron chi connectivity index (χ1n) is 9.47. The van der Waals surface area contributed by atoms with Crippen LogP contribution in [0.15, 0.2) is 42.5 Å². The molecule has 0 unspecified atom stereocenters. The van der Waals surface area contributed by atoms with Gasteiger partial charge in [0.1, 0.15) is 5.75 Å². The second-order valence-electron chi connectivity index (χ2n) is 7.06. The molecule has 3 aromatic rings. The maximum atomic E-state index is 12.2. The zero-order valence-corrected chi connectivity index (χ0v) is 17.7. The Kier molecular flexibility index (Phi) is 6.47. The molecule has 28 heavy (non-hydrogen) atoms. The Morgan fingerprint density at radius 1 is 1.04 bits per heavy atom. The zero-order chi connectivity index (χ0) is 20.1. The molecule has 3 rings (SSSR count). The van der Waals surface area contributed by atoms with E-state index in [1.807, 2.05) is 32.9 Å². The monoisotopic (exact) mass is 394 g/mol. The van der Waals surface area contributed by atoms with Crippen LogP contribution in [0.5, 0.6) is 5.75 Å². The number of carbonyl (C=O) groups excluding carboxylic acids is 1. The molecule has 0 radical (unpaired) electrons. The van der Waals surface area contributed by atoms with Gasteiger partial charge < -0.3 is 10.1 Å². The lowest BCUT2D eigenvalue weighted by Gasteiger charge is -2.09. The van der Waals surface area contributed by atoms with Crippen LogP contribution in [0, 0.1) is 27.7 Å². The number of hydrogen-bond acceptors (Lipinski definition) is 4. The fourth-order valence-electron chi connectivity index (χ4n) is 2.89. The average molecular weight is 395 g/mol. The summed E-state index contributed by atoms with van der Waals surface area (Å²) in [6, 6.07) is 14.4. The molecule has 5 heteroatoms. The Labute approximate surface area is 170 Å². The van der Waals surface area contributed by atoms with Gasteiger partial charge in [0.05, 0.1) is 12.3 Å². The number of thiazole rings is 1. The molecule has 0 aliphatic rings. The fraction of sp³-hybridized carbons (Fsp3) is 0.304. The van der Waals surface area contributed by atoms with Crippen LogP contribution in [0.1, 0.15) is 34.4 Å². The van der Waals surface area contributed by atoms with Crippen LogP contribution in [-0.2, 0) is 4.79 Å². The van der Waals surface area contributed by atoms with E-state index in [-0.39, 0.29) is 5.91 Å². The Morgan fingerprint density at radius 3 is 2.50 bits per heavy atom. The first-order valence-corrected chi connectivity index (χ1v) is 10.3. The van der Waals surface area contributed by atoms with Crippen LogP contribution in [-0.4, -0.2) is 17.5 Å². The number of nitrogens with zero attached hydrogens (tertiary/aromatic N) is 1. The van der Waals surface area contributed by atoms with Crippen molar-refractivity contribution in [3.8, 4) is 17.0 Å². The molecule has 0 saturated heterocycles. The molecule has 1 heterocycles. The Morgan fingerprint density at radius 2 is 1.75 bits per heavy atom. The minimum Gasteiger partial charge on any atom is -0.493 e. The van der Waals surface area contributed by atoms with Crippen molar-refractivity contribution in [2.45, 2.75) is 40.5 Å². The highest BCUT2D eigenvalue weighted by Crippen LogP contribution is 2.30. The molecule has 0 spiro atoms. The van der Waals surface area contributed by atoms with Gasteiger partial charge in [0.2, 0.25) is 5.91 Å². The molecule has 0 aliphatic heterocycles. The number of benzene rings is 2. The van der Waals surface area contributed by atoms with E-state index >= 15 is 0 Å². The van der Waals surface area contributed by atoms with Gasteiger partial charge in [-0.05, 0) is 51.3 Å². The van der Waals surface area contributed by atoms with Gasteiger partial charge in [-0.25, -0.2) is 4.98 Å². The van der Waals surface area contributed by atoms with Gasteiger partial charge in [-0.2, -0.15) is 0 Å². The molecule has 1 aromatic heterocycles. The van der Waals surface area contributed by atoms with E-state index in [9.17, 15) is 4.79 Å². The molecule has 0 atom stereocenters. The normalized spacial score (nSPS) is 10.7. The van der Waals surface area contributed by atoms with Crippen molar-refractivity contribution < 1.29 is 9.53 Å². The van der Waals surface area contributed by atoms with Crippen LogP contribution in [0.4, 0.5) is 5.13 Å². The number of aromatic nitrogens is 1. The summed E-state index contributed by atoms with van der Waals surface area (Å²) < 4.78 is 5.82. The number of hydrogen-bond donors (Lipinski definition) is 1. The Hall–Kier alpha value is -2.66. The second-order valence-corrected chi connectivity index (χ2v) is 8.26. The molecule has 1 N–H and O–H groups in total. The third kappa shape index (κ3) is 5.20. The zero-order valence-electron chi connectivity index (χ0n) is 16.8. The molecular formula is C23H26N2O2S. The number of rotatable bonds is 7. The largest absolute Gasteiger partial charge is 0.493 e. The molecule has 0 aliphatic carbocycles. The van der Waals surface area contributed by atoms with Crippen molar-refractivity contribution in [2.24, 2.45) is 0 Å². The predicted octanol–water partition coefficient (Wildman–Crippen LogP) is 5.84. The van der Waals surface area contributed by atoms with E-state index in [2.05, 4.69) is 47.6 Å². The highest BCUT2D eigenvalue weighted by atomic mass is 32.1. The van der Waals surface area contributed by atoms with Crippen LogP contribution in [0.2, 0.25) is 0 Å². The van der Waals surface area contributed by atoms with Gasteiger partial charge in [-0.15, -0.1) is 11.3 Å². The topological polar surface area (TPSA) is 51.2 Å². The minimum absolute atomic E-state index is 0.0335. The summed E-state index contributed by atoms with van der Waals surface area (Å²) in [6.07, 6.45) is 1.07. The smallest absolute Gasteiger partial charge is 0.226 e. The van der Waals surface area contributed by atoms with E-state index in [4.69, 9.17) is 4.74 Å². The van der Waals surface area contributed by atoms with Crippen molar-refractivity contribution in [1.82, 2.24) is 4.98 Å². The molecule has 146 valence electrons. The third-order valence-electron chi connectivity index (χ3n) is 4.52. The van der Waals surface area contributed by atoms with E-state index in [0.29, 0.717) is 24.6 Å². The summed E-state index contributed by atoms with van der Waals surface area (Å²) in [6.45, 7) is 8.68. The summed E-state index contributed by atoms with van der Waals surface area (Å²) in [5.41, 5.74) is 5.49. The molecule has 0 fully saturated rings. The summed E-state index contributed by atoms with van der Waals surface area (Å²) in [7, 11) is 0. The highest BCUT2D eigenvalue weighted by molar-refractivity contribution is 7.16. The number of anilines is 1. The minimum atomic E-state index is -0.0335. The van der Waals surface area contributed by atoms with E-state index in [1.165, 1.54) is 22.5 Å². The van der Waals surface area contributed by atoms with Gasteiger partial charge >= 0.3 is 0 Å². The number of nitrogens with one attached hydrogen (secondary N) is 1. The molecule has 1 amide bonds. The molecule has 4 nitrogen and oxygen atoms in total. The molecule has 0 bridgehead atoms. The number of amides is 1. The van der Waals surface area contributed by atoms with Gasteiger partial charge in [-0.3, -0.25) is 4.79 Å². The molecular weight excluding hydrogens is 368 g/mol. The first kappa shape index (κ1) is 20.1. The SMILES string of the molecule is Cc1ccc(-c2nc(NC(=O)CCCOc3cc(C)ccc3C)sc2C)cc1. The summed E-state index contributed by atoms with van der Waals surface area (Å²) in [5, 5.41) is 3.56. The standard InChI is InChI=1S/C23H26N2O2S/c1-15-8-11-19(12-9-15)22-18(4)28-23(25-22)24-21(26)6-5-13-27-20-14-16(2)7-10-17(20)3/h7-12,14H,5-6,13H2,1-4H3,(H,24,25,26). The number of carbonyl (C=O) groups is 1. The van der Waals surface area contributed by atoms with Crippen molar-refractivity contribution in [3.05, 3.63) is 64.0 Å². The third-order valence-corrected chi connectivity index (χ3v) is 5.40. The fourth-order valence-corrected chi connectivity index (χ4v) is 3.74. The van der Waals surface area contributed by atoms with Crippen molar-refractivity contribution in [2.75, 3.05) is 11.9 Å². The Balaban J connectivity index is 1.50. The van der Waals surface area contributed by atoms with Crippen molar-refractivity contribution in [3.63, 3.8) is 0 Å². The average Bonchev–Trinajstić information content (AvgIpc) is 3.02. The summed E-state index contributed by atoms with van der Waals surface area (Å²) in [5.74, 6) is 0.854. The lowest BCUT2D eigenvalue weighted by Crippen LogP contribution is -2.12. The lowest BCUT2D eigenvalue weighted by atomic mass is 10.1. The Bertz CT molecular complexity index is 961. The summed E-state index contributed by atoms with van der Waals surface area (Å²) in [4.78, 5) is 17.9. The quantitative estimate of drug-likeness (QED) is 0.512. The maximum absolute atomic E-state index is 12.2. The van der Waals surface area contributed by atoms with Crippen molar-refractivity contribution in [1.29, 1.82) is 0 Å². The van der Waals surface area contributed by atoms with E-state index in [0.717, 1.165) is 27.4 Å². The lowest BCUT2D eigenvalue weighted by molar-refractivity contribution is -0.116. The molecule has 2 aromatic carbocycles. The first-order chi connectivity index (χ1) is 13.4. The highest BCUT2D eigenvalue weighted by Gasteiger charge is 2.12.